The lowest BCUT2D eigenvalue weighted by molar-refractivity contribution is 0.444. The number of fused-ring (bicyclic) bond motifs is 3. The molecule has 9 rings (SSSR count). The molecule has 0 fully saturated rings. The standard InChI is InChI=1S/C58H60N4O/c1-55(2,3)53-54(56(4,5)6)61(39-60(53)44-30-28-42(29-31-44)57(7,8)40-20-13-11-14-21-40)45-24-19-25-46(37-45)63-47-32-33-49-48-26-17-18-27-50(48)62(51(49)38-47)52-36-43(34-35-59-52)58(9,10)41-22-15-12-16-23-41/h11-38H,39H2,1-10H3. The molecule has 0 saturated heterocycles. The van der Waals surface area contributed by atoms with Crippen LogP contribution in [0, 0.1) is 10.8 Å². The minimum Gasteiger partial charge on any atom is -0.457 e. The lowest BCUT2D eigenvalue weighted by Gasteiger charge is -2.34. The molecule has 0 saturated carbocycles. The highest BCUT2D eigenvalue weighted by Crippen LogP contribution is 2.49. The summed E-state index contributed by atoms with van der Waals surface area (Å²) in [5.74, 6) is 2.44. The van der Waals surface area contributed by atoms with Gasteiger partial charge in [-0.1, -0.05) is 166 Å². The van der Waals surface area contributed by atoms with Gasteiger partial charge in [0, 0.05) is 73.5 Å². The van der Waals surface area contributed by atoms with Crippen LogP contribution in [0.1, 0.15) is 91.5 Å². The Hall–Kier alpha value is -6.59. The van der Waals surface area contributed by atoms with Crippen LogP contribution in [-0.4, -0.2) is 16.2 Å². The number of ether oxygens (including phenoxy) is 1. The Labute approximate surface area is 374 Å². The SMILES string of the molecule is CC(C)(C)C1=C(C(C)(C)C)N(c2cccc(Oc3ccc4c5ccccc5n(-c5cc(C(C)(C)c6ccccc6)ccn5)c4c3)c2)CN1c1ccc(C(C)(C)c2ccccc2)cc1. The fraction of sp³-hybridized carbons (Fsp3) is 0.259. The molecule has 63 heavy (non-hydrogen) atoms. The average molecular weight is 829 g/mol. The number of aromatic nitrogens is 2. The summed E-state index contributed by atoms with van der Waals surface area (Å²) in [4.78, 5) is 9.98. The quantitative estimate of drug-likeness (QED) is 0.145. The van der Waals surface area contributed by atoms with Gasteiger partial charge in [0.15, 0.2) is 0 Å². The number of nitrogens with zero attached hydrogens (tertiary/aromatic N) is 4. The van der Waals surface area contributed by atoms with Gasteiger partial charge in [-0.2, -0.15) is 0 Å². The molecule has 0 amide bonds. The Balaban J connectivity index is 1.07. The second-order valence-corrected chi connectivity index (χ2v) is 20.3. The molecular weight excluding hydrogens is 769 g/mol. The van der Waals surface area contributed by atoms with E-state index in [1.807, 2.05) is 6.20 Å². The highest BCUT2D eigenvalue weighted by Gasteiger charge is 2.42. The zero-order valence-electron chi connectivity index (χ0n) is 38.6. The zero-order chi connectivity index (χ0) is 44.3. The number of benzene rings is 6. The number of allylic oxidation sites excluding steroid dienone is 2. The maximum atomic E-state index is 6.83. The first-order chi connectivity index (χ1) is 30.0. The Morgan fingerprint density at radius 2 is 0.968 bits per heavy atom. The van der Waals surface area contributed by atoms with Gasteiger partial charge >= 0.3 is 0 Å². The number of hydrogen-bond acceptors (Lipinski definition) is 4. The lowest BCUT2D eigenvalue weighted by atomic mass is 9.78. The van der Waals surface area contributed by atoms with Crippen molar-refractivity contribution < 1.29 is 4.74 Å². The van der Waals surface area contributed by atoms with E-state index in [9.17, 15) is 0 Å². The third-order valence-electron chi connectivity index (χ3n) is 13.1. The van der Waals surface area contributed by atoms with Crippen LogP contribution in [0.3, 0.4) is 0 Å². The molecule has 0 atom stereocenters. The Kier molecular flexibility index (Phi) is 10.4. The molecule has 0 unspecified atom stereocenters. The average Bonchev–Trinajstić information content (AvgIpc) is 3.85. The molecule has 0 N–H and O–H groups in total. The van der Waals surface area contributed by atoms with E-state index in [4.69, 9.17) is 9.72 Å². The number of pyridine rings is 1. The van der Waals surface area contributed by atoms with Crippen molar-refractivity contribution in [2.24, 2.45) is 10.8 Å². The summed E-state index contributed by atoms with van der Waals surface area (Å²) in [7, 11) is 0. The molecule has 1 aliphatic heterocycles. The monoisotopic (exact) mass is 828 g/mol. The molecule has 5 nitrogen and oxygen atoms in total. The second kappa shape index (κ2) is 15.6. The van der Waals surface area contributed by atoms with E-state index >= 15 is 0 Å². The van der Waals surface area contributed by atoms with Crippen LogP contribution in [0.2, 0.25) is 0 Å². The number of hydrogen-bond donors (Lipinski definition) is 0. The van der Waals surface area contributed by atoms with Gasteiger partial charge in [-0.15, -0.1) is 0 Å². The summed E-state index contributed by atoms with van der Waals surface area (Å²) in [5, 5.41) is 2.34. The molecule has 6 aromatic carbocycles. The van der Waals surface area contributed by atoms with Gasteiger partial charge in [0.25, 0.3) is 0 Å². The fourth-order valence-corrected chi connectivity index (χ4v) is 9.62. The molecular formula is C58H60N4O. The van der Waals surface area contributed by atoms with Crippen LogP contribution in [0.4, 0.5) is 11.4 Å². The molecule has 318 valence electrons. The predicted molar refractivity (Wildman–Crippen MR) is 264 cm³/mol. The first-order valence-electron chi connectivity index (χ1n) is 22.3. The molecule has 0 spiro atoms. The van der Waals surface area contributed by atoms with E-state index in [-0.39, 0.29) is 21.7 Å². The zero-order valence-corrected chi connectivity index (χ0v) is 38.6. The van der Waals surface area contributed by atoms with E-state index in [1.54, 1.807) is 0 Å². The maximum absolute atomic E-state index is 6.83. The second-order valence-electron chi connectivity index (χ2n) is 20.3. The van der Waals surface area contributed by atoms with E-state index in [0.29, 0.717) is 6.67 Å². The van der Waals surface area contributed by atoms with Gasteiger partial charge in [-0.05, 0) is 76.9 Å². The van der Waals surface area contributed by atoms with Crippen molar-refractivity contribution in [3.8, 4) is 17.3 Å². The molecule has 8 aromatic rings. The minimum atomic E-state index is -0.205. The van der Waals surface area contributed by atoms with E-state index in [0.717, 1.165) is 39.4 Å². The van der Waals surface area contributed by atoms with E-state index in [2.05, 4.69) is 247 Å². The summed E-state index contributed by atoms with van der Waals surface area (Å²) in [5.41, 5.74) is 11.6. The normalized spacial score (nSPS) is 14.0. The lowest BCUT2D eigenvalue weighted by Crippen LogP contribution is -2.31. The number of anilines is 2. The maximum Gasteiger partial charge on any atom is 0.137 e. The van der Waals surface area contributed by atoms with Gasteiger partial charge in [0.05, 0.1) is 17.7 Å². The summed E-state index contributed by atoms with van der Waals surface area (Å²) in [6, 6.07) is 58.7. The molecule has 2 aromatic heterocycles. The van der Waals surface area contributed by atoms with E-state index in [1.165, 1.54) is 44.7 Å². The third-order valence-corrected chi connectivity index (χ3v) is 13.1. The van der Waals surface area contributed by atoms with Crippen LogP contribution in [0.25, 0.3) is 27.6 Å². The highest BCUT2D eigenvalue weighted by atomic mass is 16.5. The minimum absolute atomic E-state index is 0.112. The van der Waals surface area contributed by atoms with Gasteiger partial charge in [0.2, 0.25) is 0 Å². The van der Waals surface area contributed by atoms with Crippen LogP contribution in [-0.2, 0) is 10.8 Å². The summed E-state index contributed by atoms with van der Waals surface area (Å²) < 4.78 is 9.11. The molecule has 0 radical (unpaired) electrons. The number of rotatable bonds is 9. The fourth-order valence-electron chi connectivity index (χ4n) is 9.62. The van der Waals surface area contributed by atoms with Gasteiger partial charge in [-0.3, -0.25) is 4.57 Å². The van der Waals surface area contributed by atoms with Gasteiger partial charge < -0.3 is 14.5 Å². The molecule has 1 aliphatic rings. The van der Waals surface area contributed by atoms with Crippen molar-refractivity contribution in [3.63, 3.8) is 0 Å². The Bertz CT molecular complexity index is 2960. The summed E-state index contributed by atoms with van der Waals surface area (Å²) >= 11 is 0. The van der Waals surface area contributed by atoms with Crippen molar-refractivity contribution in [1.82, 2.24) is 9.55 Å². The highest BCUT2D eigenvalue weighted by molar-refractivity contribution is 6.09. The van der Waals surface area contributed by atoms with E-state index < -0.39 is 0 Å². The number of para-hydroxylation sites is 1. The molecule has 3 heterocycles. The Morgan fingerprint density at radius 3 is 1.60 bits per heavy atom. The van der Waals surface area contributed by atoms with Crippen LogP contribution < -0.4 is 14.5 Å². The topological polar surface area (TPSA) is 33.5 Å². The van der Waals surface area contributed by atoms with Crippen LogP contribution in [0.15, 0.2) is 181 Å². The van der Waals surface area contributed by atoms with Crippen LogP contribution in [0.5, 0.6) is 11.5 Å². The predicted octanol–water partition coefficient (Wildman–Crippen LogP) is 15.2. The smallest absolute Gasteiger partial charge is 0.137 e. The van der Waals surface area contributed by atoms with Crippen molar-refractivity contribution in [3.05, 3.63) is 204 Å². The first kappa shape index (κ1) is 41.7. The molecule has 5 heteroatoms. The summed E-state index contributed by atoms with van der Waals surface area (Å²) in [6.07, 6.45) is 1.94. The van der Waals surface area contributed by atoms with Crippen molar-refractivity contribution in [2.45, 2.75) is 80.1 Å². The van der Waals surface area contributed by atoms with Crippen molar-refractivity contribution in [2.75, 3.05) is 16.5 Å². The Morgan fingerprint density at radius 1 is 0.429 bits per heavy atom. The van der Waals surface area contributed by atoms with Crippen molar-refractivity contribution in [1.29, 1.82) is 0 Å². The third kappa shape index (κ3) is 7.69. The largest absolute Gasteiger partial charge is 0.457 e. The first-order valence-corrected chi connectivity index (χ1v) is 22.3. The van der Waals surface area contributed by atoms with Crippen molar-refractivity contribution >= 4 is 33.2 Å². The van der Waals surface area contributed by atoms with Gasteiger partial charge in [-0.25, -0.2) is 4.98 Å². The molecule has 0 bridgehead atoms. The van der Waals surface area contributed by atoms with Gasteiger partial charge in [0.1, 0.15) is 17.3 Å². The van der Waals surface area contributed by atoms with Crippen LogP contribution >= 0.6 is 0 Å². The molecule has 0 aliphatic carbocycles. The summed E-state index contributed by atoms with van der Waals surface area (Å²) in [6.45, 7) is 23.9.